The molecule has 6 nitrogen and oxygen atoms in total. The number of primary amides is 1. The van der Waals surface area contributed by atoms with Crippen molar-refractivity contribution in [1.82, 2.24) is 15.0 Å². The van der Waals surface area contributed by atoms with Crippen molar-refractivity contribution in [3.05, 3.63) is 77.3 Å². The summed E-state index contributed by atoms with van der Waals surface area (Å²) in [5.74, 6) is -0.175. The van der Waals surface area contributed by atoms with Gasteiger partial charge in [-0.25, -0.2) is 14.4 Å². The minimum absolute atomic E-state index is 0.00754. The van der Waals surface area contributed by atoms with E-state index in [2.05, 4.69) is 20.3 Å². The number of nitrogens with one attached hydrogen (secondary N) is 1. The molecule has 0 spiro atoms. The van der Waals surface area contributed by atoms with E-state index in [1.165, 1.54) is 12.1 Å². The highest BCUT2D eigenvalue weighted by Crippen LogP contribution is 2.29. The summed E-state index contributed by atoms with van der Waals surface area (Å²) >= 11 is 5.87. The van der Waals surface area contributed by atoms with Gasteiger partial charge in [0.1, 0.15) is 11.6 Å². The van der Waals surface area contributed by atoms with Gasteiger partial charge >= 0.3 is 0 Å². The van der Waals surface area contributed by atoms with Crippen LogP contribution in [0.15, 0.2) is 60.9 Å². The molecule has 0 saturated carbocycles. The van der Waals surface area contributed by atoms with Gasteiger partial charge in [0.25, 0.3) is 0 Å². The second-order valence-corrected chi connectivity index (χ2v) is 6.39. The molecule has 0 aliphatic heterocycles. The van der Waals surface area contributed by atoms with Crippen LogP contribution in [0.1, 0.15) is 10.4 Å². The average molecular weight is 394 g/mol. The number of fused-ring (bicyclic) bond motifs is 1. The highest BCUT2D eigenvalue weighted by Gasteiger charge is 2.13. The quantitative estimate of drug-likeness (QED) is 0.538. The zero-order valence-corrected chi connectivity index (χ0v) is 15.1. The molecule has 0 aliphatic rings. The van der Waals surface area contributed by atoms with Gasteiger partial charge in [-0.05, 0) is 48.5 Å². The van der Waals surface area contributed by atoms with E-state index in [-0.39, 0.29) is 5.02 Å². The summed E-state index contributed by atoms with van der Waals surface area (Å²) in [5.41, 5.74) is 7.51. The molecule has 8 heteroatoms. The number of amides is 1. The predicted octanol–water partition coefficient (Wildman–Crippen LogP) is 4.33. The first-order valence-corrected chi connectivity index (χ1v) is 8.63. The largest absolute Gasteiger partial charge is 0.366 e. The fourth-order valence-electron chi connectivity index (χ4n) is 2.71. The van der Waals surface area contributed by atoms with E-state index in [1.807, 2.05) is 6.07 Å². The molecule has 0 fully saturated rings. The zero-order valence-electron chi connectivity index (χ0n) is 14.4. The summed E-state index contributed by atoms with van der Waals surface area (Å²) < 4.78 is 13.5. The monoisotopic (exact) mass is 393 g/mol. The number of aromatic nitrogens is 3. The fourth-order valence-corrected chi connectivity index (χ4v) is 2.89. The molecule has 2 heterocycles. The Balaban J connectivity index is 1.89. The van der Waals surface area contributed by atoms with Crippen molar-refractivity contribution in [3.8, 4) is 11.4 Å². The Kier molecular flexibility index (Phi) is 4.58. The smallest absolute Gasteiger partial charge is 0.248 e. The number of rotatable bonds is 4. The Bertz CT molecular complexity index is 1200. The first-order chi connectivity index (χ1) is 13.5. The van der Waals surface area contributed by atoms with E-state index in [0.717, 1.165) is 0 Å². The maximum absolute atomic E-state index is 13.5. The Morgan fingerprint density at radius 1 is 1.11 bits per heavy atom. The summed E-state index contributed by atoms with van der Waals surface area (Å²) in [4.78, 5) is 24.8. The molecule has 3 N–H and O–H groups in total. The number of benzene rings is 2. The van der Waals surface area contributed by atoms with Crippen LogP contribution in [0.4, 0.5) is 15.9 Å². The highest BCUT2D eigenvalue weighted by molar-refractivity contribution is 6.31. The Hall–Kier alpha value is -3.58. The first-order valence-electron chi connectivity index (χ1n) is 8.25. The summed E-state index contributed by atoms with van der Waals surface area (Å²) in [6.07, 6.45) is 3.28. The molecule has 0 bridgehead atoms. The number of pyridine rings is 1. The van der Waals surface area contributed by atoms with Gasteiger partial charge in [-0.1, -0.05) is 11.6 Å². The van der Waals surface area contributed by atoms with E-state index in [9.17, 15) is 9.18 Å². The van der Waals surface area contributed by atoms with Crippen molar-refractivity contribution in [3.63, 3.8) is 0 Å². The molecule has 4 rings (SSSR count). The average Bonchev–Trinajstić information content (AvgIpc) is 2.71. The summed E-state index contributed by atoms with van der Waals surface area (Å²) in [6, 6.07) is 12.8. The number of carbonyl (C=O) groups excluding carboxylic acids is 1. The molecule has 2 aromatic carbocycles. The molecule has 1 amide bonds. The third-order valence-electron chi connectivity index (χ3n) is 4.08. The number of halogens is 2. The Labute approximate surface area is 164 Å². The lowest BCUT2D eigenvalue weighted by atomic mass is 10.1. The molecule has 0 saturated heterocycles. The standard InChI is InChI=1S/C20H13ClFN5O/c21-15-9-13(4-6-16(15)22)25-20-14-5-3-11(18(23)28)8-17(14)26-19(27-20)12-2-1-7-24-10-12/h1-10H,(H2,23,28)(H,25,26,27). The minimum Gasteiger partial charge on any atom is -0.366 e. The van der Waals surface area contributed by atoms with Crippen LogP contribution in [0, 0.1) is 5.82 Å². The van der Waals surface area contributed by atoms with Crippen LogP contribution in [0.5, 0.6) is 0 Å². The lowest BCUT2D eigenvalue weighted by Crippen LogP contribution is -2.11. The van der Waals surface area contributed by atoms with Gasteiger partial charge in [0.15, 0.2) is 5.82 Å². The molecular weight excluding hydrogens is 381 g/mol. The highest BCUT2D eigenvalue weighted by atomic mass is 35.5. The second-order valence-electron chi connectivity index (χ2n) is 5.99. The second kappa shape index (κ2) is 7.21. The van der Waals surface area contributed by atoms with E-state index in [1.54, 1.807) is 42.7 Å². The SMILES string of the molecule is NC(=O)c1ccc2c(Nc3ccc(F)c(Cl)c3)nc(-c3cccnc3)nc2c1. The van der Waals surface area contributed by atoms with E-state index in [0.29, 0.717) is 39.4 Å². The molecule has 0 atom stereocenters. The van der Waals surface area contributed by atoms with Gasteiger partial charge in [-0.15, -0.1) is 0 Å². The Morgan fingerprint density at radius 3 is 2.68 bits per heavy atom. The predicted molar refractivity (Wildman–Crippen MR) is 106 cm³/mol. The van der Waals surface area contributed by atoms with E-state index in [4.69, 9.17) is 17.3 Å². The molecule has 0 unspecified atom stereocenters. The van der Waals surface area contributed by atoms with Crippen LogP contribution in [-0.2, 0) is 0 Å². The maximum Gasteiger partial charge on any atom is 0.248 e. The van der Waals surface area contributed by atoms with Gasteiger partial charge in [0, 0.05) is 34.6 Å². The lowest BCUT2D eigenvalue weighted by Gasteiger charge is -2.12. The van der Waals surface area contributed by atoms with Crippen molar-refractivity contribution in [2.75, 3.05) is 5.32 Å². The number of hydrogen-bond acceptors (Lipinski definition) is 5. The molecule has 0 aliphatic carbocycles. The van der Waals surface area contributed by atoms with Crippen LogP contribution >= 0.6 is 11.6 Å². The fraction of sp³-hybridized carbons (Fsp3) is 0. The van der Waals surface area contributed by atoms with Gasteiger partial charge in [-0.2, -0.15) is 0 Å². The van der Waals surface area contributed by atoms with Crippen LogP contribution in [0.25, 0.3) is 22.3 Å². The maximum atomic E-state index is 13.5. The Morgan fingerprint density at radius 2 is 1.96 bits per heavy atom. The summed E-state index contributed by atoms with van der Waals surface area (Å²) in [5, 5.41) is 3.79. The number of carbonyl (C=O) groups is 1. The van der Waals surface area contributed by atoms with Crippen LogP contribution in [-0.4, -0.2) is 20.9 Å². The third kappa shape index (κ3) is 3.47. The van der Waals surface area contributed by atoms with E-state index < -0.39 is 11.7 Å². The molecule has 138 valence electrons. The van der Waals surface area contributed by atoms with Crippen LogP contribution in [0.3, 0.4) is 0 Å². The van der Waals surface area contributed by atoms with E-state index >= 15 is 0 Å². The zero-order chi connectivity index (χ0) is 19.7. The van der Waals surface area contributed by atoms with Crippen LogP contribution in [0.2, 0.25) is 5.02 Å². The number of hydrogen-bond donors (Lipinski definition) is 2. The van der Waals surface area contributed by atoms with Gasteiger partial charge in [-0.3, -0.25) is 9.78 Å². The third-order valence-corrected chi connectivity index (χ3v) is 4.37. The van der Waals surface area contributed by atoms with Gasteiger partial charge in [0.05, 0.1) is 10.5 Å². The van der Waals surface area contributed by atoms with Crippen molar-refractivity contribution in [2.24, 2.45) is 5.73 Å². The van der Waals surface area contributed by atoms with Crippen molar-refractivity contribution in [2.45, 2.75) is 0 Å². The minimum atomic E-state index is -0.553. The van der Waals surface area contributed by atoms with Gasteiger partial charge < -0.3 is 11.1 Å². The summed E-state index contributed by atoms with van der Waals surface area (Å²) in [6.45, 7) is 0. The number of nitrogens with two attached hydrogens (primary N) is 1. The lowest BCUT2D eigenvalue weighted by molar-refractivity contribution is 0.100. The normalized spacial score (nSPS) is 10.8. The molecular formula is C20H13ClFN5O. The number of anilines is 2. The van der Waals surface area contributed by atoms with Gasteiger partial charge in [0.2, 0.25) is 5.91 Å². The number of nitrogens with zero attached hydrogens (tertiary/aromatic N) is 3. The topological polar surface area (TPSA) is 93.8 Å². The van der Waals surface area contributed by atoms with Crippen molar-refractivity contribution >= 4 is 39.9 Å². The van der Waals surface area contributed by atoms with Crippen molar-refractivity contribution in [1.29, 1.82) is 0 Å². The molecule has 4 aromatic rings. The molecule has 0 radical (unpaired) electrons. The van der Waals surface area contributed by atoms with Crippen molar-refractivity contribution < 1.29 is 9.18 Å². The molecule has 28 heavy (non-hydrogen) atoms. The summed E-state index contributed by atoms with van der Waals surface area (Å²) in [7, 11) is 0. The van der Waals surface area contributed by atoms with Crippen LogP contribution < -0.4 is 11.1 Å². The first kappa shape index (κ1) is 17.8. The molecule has 2 aromatic heterocycles.